The summed E-state index contributed by atoms with van der Waals surface area (Å²) in [4.78, 5) is 22.5. The molecule has 0 spiro atoms. The van der Waals surface area contributed by atoms with Crippen LogP contribution in [0.5, 0.6) is 0 Å². The van der Waals surface area contributed by atoms with E-state index in [1.54, 1.807) is 20.8 Å². The first kappa shape index (κ1) is 13.9. The molecule has 0 saturated heterocycles. The molecule has 0 bridgehead atoms. The molecule has 5 heteroatoms. The Morgan fingerprint density at radius 3 is 2.07 bits per heavy atom. The van der Waals surface area contributed by atoms with Gasteiger partial charge in [0.1, 0.15) is 17.7 Å². The molecule has 2 atom stereocenters. The molecule has 88 valence electrons. The van der Waals surface area contributed by atoms with Crippen LogP contribution in [0.15, 0.2) is 0 Å². The monoisotopic (exact) mass is 217 g/mol. The number of aliphatic hydroxyl groups is 1. The molecular weight excluding hydrogens is 198 g/mol. The van der Waals surface area contributed by atoms with Crippen molar-refractivity contribution < 1.29 is 19.4 Å². The summed E-state index contributed by atoms with van der Waals surface area (Å²) in [7, 11) is 0. The van der Waals surface area contributed by atoms with Gasteiger partial charge in [-0.1, -0.05) is 0 Å². The van der Waals surface area contributed by atoms with Gasteiger partial charge in [-0.2, -0.15) is 0 Å². The Morgan fingerprint density at radius 1 is 1.27 bits per heavy atom. The van der Waals surface area contributed by atoms with E-state index >= 15 is 0 Å². The van der Waals surface area contributed by atoms with E-state index in [0.717, 1.165) is 0 Å². The smallest absolute Gasteiger partial charge is 0.328 e. The minimum atomic E-state index is -1.13. The third-order valence-corrected chi connectivity index (χ3v) is 1.50. The molecule has 0 unspecified atom stereocenters. The molecule has 0 heterocycles. The lowest BCUT2D eigenvalue weighted by atomic mass is 10.2. The predicted octanol–water partition coefficient (Wildman–Crippen LogP) is 0.214. The Labute approximate surface area is 89.8 Å². The second-order valence-corrected chi connectivity index (χ2v) is 4.44. The molecule has 1 amide bonds. The number of rotatable bonds is 3. The van der Waals surface area contributed by atoms with Crippen molar-refractivity contribution in [3.8, 4) is 0 Å². The topological polar surface area (TPSA) is 75.6 Å². The molecule has 0 fully saturated rings. The summed E-state index contributed by atoms with van der Waals surface area (Å²) >= 11 is 0. The van der Waals surface area contributed by atoms with Gasteiger partial charge in [0.05, 0.1) is 0 Å². The van der Waals surface area contributed by atoms with Gasteiger partial charge in [-0.3, -0.25) is 4.79 Å². The van der Waals surface area contributed by atoms with E-state index in [1.807, 2.05) is 0 Å². The van der Waals surface area contributed by atoms with Gasteiger partial charge in [-0.15, -0.1) is 0 Å². The summed E-state index contributed by atoms with van der Waals surface area (Å²) < 4.78 is 5.04. The molecule has 0 radical (unpaired) electrons. The number of carbonyl (C=O) groups is 2. The zero-order valence-corrected chi connectivity index (χ0v) is 9.83. The maximum absolute atomic E-state index is 11.4. The van der Waals surface area contributed by atoms with Gasteiger partial charge < -0.3 is 15.2 Å². The lowest BCUT2D eigenvalue weighted by Crippen LogP contribution is -2.45. The van der Waals surface area contributed by atoms with E-state index in [4.69, 9.17) is 9.84 Å². The fourth-order valence-electron chi connectivity index (χ4n) is 0.783. The van der Waals surface area contributed by atoms with Crippen LogP contribution in [-0.2, 0) is 14.3 Å². The van der Waals surface area contributed by atoms with E-state index in [-0.39, 0.29) is 0 Å². The standard InChI is InChI=1S/C10H19NO4/c1-6(11-8(13)7(2)12)9(14)15-10(3,4)5/h6-7,12H,1-5H3,(H,11,13)/t6-,7-/m0/s1. The van der Waals surface area contributed by atoms with Crippen LogP contribution in [0.2, 0.25) is 0 Å². The van der Waals surface area contributed by atoms with Crippen molar-refractivity contribution >= 4 is 11.9 Å². The number of nitrogens with one attached hydrogen (secondary N) is 1. The van der Waals surface area contributed by atoms with Crippen LogP contribution in [0.25, 0.3) is 0 Å². The number of aliphatic hydroxyl groups excluding tert-OH is 1. The molecule has 15 heavy (non-hydrogen) atoms. The minimum absolute atomic E-state index is 0.517. The summed E-state index contributed by atoms with van der Waals surface area (Å²) in [5, 5.41) is 11.3. The minimum Gasteiger partial charge on any atom is -0.458 e. The number of carbonyl (C=O) groups excluding carboxylic acids is 2. The van der Waals surface area contributed by atoms with Crippen molar-refractivity contribution in [1.29, 1.82) is 0 Å². The highest BCUT2D eigenvalue weighted by molar-refractivity contribution is 5.86. The van der Waals surface area contributed by atoms with Gasteiger partial charge in [0, 0.05) is 0 Å². The molecule has 0 aliphatic carbocycles. The zero-order chi connectivity index (χ0) is 12.2. The van der Waals surface area contributed by atoms with Crippen molar-refractivity contribution in [2.45, 2.75) is 52.4 Å². The average molecular weight is 217 g/mol. The molecule has 0 saturated carbocycles. The maximum Gasteiger partial charge on any atom is 0.328 e. The van der Waals surface area contributed by atoms with Gasteiger partial charge in [0.15, 0.2) is 0 Å². The van der Waals surface area contributed by atoms with Crippen LogP contribution in [0.1, 0.15) is 34.6 Å². The molecule has 0 aliphatic rings. The van der Waals surface area contributed by atoms with Crippen LogP contribution in [0.4, 0.5) is 0 Å². The number of esters is 1. The summed E-state index contributed by atoms with van der Waals surface area (Å²) in [5.41, 5.74) is -0.582. The predicted molar refractivity (Wildman–Crippen MR) is 55.1 cm³/mol. The number of amides is 1. The van der Waals surface area contributed by atoms with Gasteiger partial charge in [0.2, 0.25) is 5.91 Å². The van der Waals surface area contributed by atoms with Crippen LogP contribution < -0.4 is 5.32 Å². The third kappa shape index (κ3) is 6.06. The van der Waals surface area contributed by atoms with Crippen LogP contribution in [-0.4, -0.2) is 34.7 Å². The van der Waals surface area contributed by atoms with Crippen molar-refractivity contribution in [3.63, 3.8) is 0 Å². The number of hydrogen-bond acceptors (Lipinski definition) is 4. The van der Waals surface area contributed by atoms with Crippen LogP contribution >= 0.6 is 0 Å². The molecule has 0 rings (SSSR count). The quantitative estimate of drug-likeness (QED) is 0.663. The molecule has 0 aromatic rings. The fraction of sp³-hybridized carbons (Fsp3) is 0.800. The molecule has 0 aliphatic heterocycles. The van der Waals surface area contributed by atoms with Crippen LogP contribution in [0.3, 0.4) is 0 Å². The first-order valence-corrected chi connectivity index (χ1v) is 4.85. The van der Waals surface area contributed by atoms with Gasteiger partial charge in [-0.05, 0) is 34.6 Å². The lowest BCUT2D eigenvalue weighted by Gasteiger charge is -2.22. The highest BCUT2D eigenvalue weighted by atomic mass is 16.6. The summed E-state index contributed by atoms with van der Waals surface area (Å²) in [6.07, 6.45) is -1.13. The average Bonchev–Trinajstić information content (AvgIpc) is 2.00. The molecular formula is C10H19NO4. The Balaban J connectivity index is 4.17. The largest absolute Gasteiger partial charge is 0.458 e. The third-order valence-electron chi connectivity index (χ3n) is 1.50. The summed E-state index contributed by atoms with van der Waals surface area (Å²) in [6.45, 7) is 8.07. The Kier molecular flexibility index (Phi) is 4.74. The molecule has 5 nitrogen and oxygen atoms in total. The Bertz CT molecular complexity index is 242. The first-order valence-electron chi connectivity index (χ1n) is 4.85. The van der Waals surface area contributed by atoms with Crippen molar-refractivity contribution in [2.75, 3.05) is 0 Å². The van der Waals surface area contributed by atoms with E-state index in [2.05, 4.69) is 5.32 Å². The van der Waals surface area contributed by atoms with Crippen molar-refractivity contribution in [3.05, 3.63) is 0 Å². The van der Waals surface area contributed by atoms with Gasteiger partial charge >= 0.3 is 5.97 Å². The fourth-order valence-corrected chi connectivity index (χ4v) is 0.783. The SMILES string of the molecule is C[C@H](O)C(=O)N[C@@H](C)C(=O)OC(C)(C)C. The van der Waals surface area contributed by atoms with E-state index in [0.29, 0.717) is 0 Å². The Hall–Kier alpha value is -1.10. The second-order valence-electron chi connectivity index (χ2n) is 4.44. The van der Waals surface area contributed by atoms with E-state index in [9.17, 15) is 9.59 Å². The molecule has 2 N–H and O–H groups in total. The maximum atomic E-state index is 11.4. The number of ether oxygens (including phenoxy) is 1. The van der Waals surface area contributed by atoms with E-state index < -0.39 is 29.6 Å². The van der Waals surface area contributed by atoms with Crippen molar-refractivity contribution in [1.82, 2.24) is 5.32 Å². The highest BCUT2D eigenvalue weighted by Crippen LogP contribution is 2.08. The first-order chi connectivity index (χ1) is 6.63. The zero-order valence-electron chi connectivity index (χ0n) is 9.83. The summed E-state index contributed by atoms with van der Waals surface area (Å²) in [5.74, 6) is -1.11. The van der Waals surface area contributed by atoms with Gasteiger partial charge in [-0.25, -0.2) is 4.79 Å². The van der Waals surface area contributed by atoms with Crippen LogP contribution in [0, 0.1) is 0 Å². The molecule has 0 aromatic carbocycles. The van der Waals surface area contributed by atoms with Crippen molar-refractivity contribution in [2.24, 2.45) is 0 Å². The number of hydrogen-bond donors (Lipinski definition) is 2. The molecule has 0 aromatic heterocycles. The van der Waals surface area contributed by atoms with E-state index in [1.165, 1.54) is 13.8 Å². The second kappa shape index (κ2) is 5.11. The lowest BCUT2D eigenvalue weighted by molar-refractivity contribution is -0.158. The summed E-state index contributed by atoms with van der Waals surface area (Å²) in [6, 6.07) is -0.758. The highest BCUT2D eigenvalue weighted by Gasteiger charge is 2.23. The van der Waals surface area contributed by atoms with Gasteiger partial charge in [0.25, 0.3) is 0 Å². The normalized spacial score (nSPS) is 15.3. The Morgan fingerprint density at radius 2 is 1.73 bits per heavy atom.